The topological polar surface area (TPSA) is 129 Å². The number of piperidine rings is 1. The highest BCUT2D eigenvalue weighted by molar-refractivity contribution is 6.06. The van der Waals surface area contributed by atoms with Crippen LogP contribution in [0, 0.1) is 0 Å². The summed E-state index contributed by atoms with van der Waals surface area (Å²) in [6.45, 7) is 3.02. The number of aliphatic hydroxyl groups excluding tert-OH is 2. The summed E-state index contributed by atoms with van der Waals surface area (Å²) in [5.74, 6) is 0.681. The summed E-state index contributed by atoms with van der Waals surface area (Å²) in [6, 6.07) is 13.9. The van der Waals surface area contributed by atoms with E-state index in [9.17, 15) is 15.0 Å². The van der Waals surface area contributed by atoms with Gasteiger partial charge in [0.05, 0.1) is 31.8 Å². The van der Waals surface area contributed by atoms with E-state index in [0.717, 1.165) is 22.4 Å². The van der Waals surface area contributed by atoms with Crippen molar-refractivity contribution in [3.8, 4) is 0 Å². The number of nitrogens with one attached hydrogen (secondary N) is 2. The van der Waals surface area contributed by atoms with E-state index in [1.165, 1.54) is 5.56 Å². The van der Waals surface area contributed by atoms with Crippen molar-refractivity contribution in [2.75, 3.05) is 44.8 Å². The fourth-order valence-electron chi connectivity index (χ4n) is 6.96. The number of hydrogen-bond donors (Lipinski definition) is 4. The second-order valence-corrected chi connectivity index (χ2v) is 11.9. The first kappa shape index (κ1) is 28.3. The van der Waals surface area contributed by atoms with Gasteiger partial charge in [0.25, 0.3) is 0 Å². The van der Waals surface area contributed by atoms with Crippen LogP contribution in [0.3, 0.4) is 0 Å². The van der Waals surface area contributed by atoms with E-state index < -0.39 is 23.9 Å². The third kappa shape index (κ3) is 5.50. The lowest BCUT2D eigenvalue weighted by Crippen LogP contribution is -2.57. The highest BCUT2D eigenvalue weighted by Crippen LogP contribution is 2.46. The van der Waals surface area contributed by atoms with Crippen LogP contribution in [0.4, 0.5) is 5.82 Å². The van der Waals surface area contributed by atoms with E-state index in [0.29, 0.717) is 70.2 Å². The molecule has 3 aliphatic heterocycles. The Morgan fingerprint density at radius 3 is 2.72 bits per heavy atom. The Morgan fingerprint density at radius 1 is 0.977 bits per heavy atom. The molecule has 7 rings (SSSR count). The van der Waals surface area contributed by atoms with Crippen molar-refractivity contribution in [1.82, 2.24) is 20.2 Å². The van der Waals surface area contributed by atoms with Crippen LogP contribution in [0.15, 0.2) is 60.9 Å². The van der Waals surface area contributed by atoms with Crippen LogP contribution in [0.25, 0.3) is 6.08 Å². The van der Waals surface area contributed by atoms with Gasteiger partial charge in [-0.1, -0.05) is 42.5 Å². The maximum absolute atomic E-state index is 13.4. The average molecular weight is 584 g/mol. The Balaban J connectivity index is 1.19. The molecule has 6 atom stereocenters. The summed E-state index contributed by atoms with van der Waals surface area (Å²) < 4.78 is 11.6. The molecule has 7 bridgehead atoms. The van der Waals surface area contributed by atoms with Gasteiger partial charge in [-0.25, -0.2) is 4.98 Å². The maximum Gasteiger partial charge on any atom is 0.237 e. The number of aromatic nitrogens is 2. The van der Waals surface area contributed by atoms with Gasteiger partial charge in [0, 0.05) is 54.8 Å². The largest absolute Gasteiger partial charge is 0.378 e. The SMILES string of the molecule is O=C1Nc2ncc3cc2[C@@]12Cc1cc(cnc1C2)C(O)NC1CC(c2ccccc2)CN(CCOCCOC/C=C/3)C1O. The minimum absolute atomic E-state index is 0.0792. The van der Waals surface area contributed by atoms with Crippen LogP contribution >= 0.6 is 0 Å². The van der Waals surface area contributed by atoms with Gasteiger partial charge < -0.3 is 25.0 Å². The number of amides is 1. The zero-order valence-corrected chi connectivity index (χ0v) is 24.0. The molecule has 1 amide bonds. The van der Waals surface area contributed by atoms with Crippen molar-refractivity contribution in [2.24, 2.45) is 0 Å². The Labute approximate surface area is 250 Å². The normalized spacial score (nSPS) is 31.6. The Kier molecular flexibility index (Phi) is 7.81. The smallest absolute Gasteiger partial charge is 0.237 e. The van der Waals surface area contributed by atoms with Gasteiger partial charge in [0.2, 0.25) is 5.91 Å². The predicted octanol–water partition coefficient (Wildman–Crippen LogP) is 2.28. The van der Waals surface area contributed by atoms with Crippen molar-refractivity contribution in [1.29, 1.82) is 0 Å². The molecule has 3 aromatic rings. The first-order valence-electron chi connectivity index (χ1n) is 15.0. The van der Waals surface area contributed by atoms with Crippen LogP contribution in [-0.4, -0.2) is 82.8 Å². The second-order valence-electron chi connectivity index (χ2n) is 11.9. The summed E-state index contributed by atoms with van der Waals surface area (Å²) in [6.07, 6.45) is 7.07. The molecule has 5 heterocycles. The second kappa shape index (κ2) is 11.9. The molecule has 4 aliphatic rings. The maximum atomic E-state index is 13.4. The molecule has 1 fully saturated rings. The first-order valence-corrected chi connectivity index (χ1v) is 15.0. The fraction of sp³-hybridized carbons (Fsp3) is 0.424. The lowest BCUT2D eigenvalue weighted by Gasteiger charge is -2.43. The molecule has 10 heteroatoms. The van der Waals surface area contributed by atoms with Gasteiger partial charge in [-0.2, -0.15) is 0 Å². The molecule has 1 aromatic carbocycles. The molecular formula is C33H37N5O5. The summed E-state index contributed by atoms with van der Waals surface area (Å²) in [4.78, 5) is 24.6. The molecule has 224 valence electrons. The Bertz CT molecular complexity index is 1520. The van der Waals surface area contributed by atoms with Gasteiger partial charge in [0.1, 0.15) is 18.3 Å². The van der Waals surface area contributed by atoms with E-state index in [1.54, 1.807) is 12.4 Å². The summed E-state index contributed by atoms with van der Waals surface area (Å²) in [7, 11) is 0. The molecular weight excluding hydrogens is 546 g/mol. The monoisotopic (exact) mass is 583 g/mol. The molecule has 10 nitrogen and oxygen atoms in total. The molecule has 5 unspecified atom stereocenters. The molecule has 0 saturated carbocycles. The van der Waals surface area contributed by atoms with Crippen molar-refractivity contribution in [3.05, 3.63) is 94.4 Å². The van der Waals surface area contributed by atoms with E-state index in [4.69, 9.17) is 14.5 Å². The number of nitrogens with zero attached hydrogens (tertiary/aromatic N) is 3. The lowest BCUT2D eigenvalue weighted by molar-refractivity contribution is -0.120. The highest BCUT2D eigenvalue weighted by Gasteiger charge is 2.52. The third-order valence-electron chi connectivity index (χ3n) is 9.24. The molecule has 0 radical (unpaired) electrons. The number of rotatable bonds is 1. The van der Waals surface area contributed by atoms with E-state index in [2.05, 4.69) is 27.8 Å². The van der Waals surface area contributed by atoms with E-state index >= 15 is 0 Å². The van der Waals surface area contributed by atoms with Gasteiger partial charge in [0.15, 0.2) is 0 Å². The summed E-state index contributed by atoms with van der Waals surface area (Å²) in [5.41, 5.74) is 4.56. The van der Waals surface area contributed by atoms with E-state index in [1.807, 2.05) is 47.4 Å². The number of pyridine rings is 2. The minimum atomic E-state index is -1.04. The van der Waals surface area contributed by atoms with Gasteiger partial charge in [-0.3, -0.25) is 20.0 Å². The highest BCUT2D eigenvalue weighted by atomic mass is 16.5. The number of anilines is 1. The first-order chi connectivity index (χ1) is 21.0. The number of carbonyl (C=O) groups is 1. The van der Waals surface area contributed by atoms with E-state index in [-0.39, 0.29) is 11.8 Å². The third-order valence-corrected chi connectivity index (χ3v) is 9.24. The molecule has 1 aliphatic carbocycles. The molecule has 1 saturated heterocycles. The van der Waals surface area contributed by atoms with Crippen LogP contribution in [0.1, 0.15) is 52.1 Å². The Morgan fingerprint density at radius 2 is 1.84 bits per heavy atom. The van der Waals surface area contributed by atoms with Crippen molar-refractivity contribution in [3.63, 3.8) is 0 Å². The summed E-state index contributed by atoms with van der Waals surface area (Å²) in [5, 5.41) is 29.0. The zero-order valence-electron chi connectivity index (χ0n) is 24.0. The minimum Gasteiger partial charge on any atom is -0.378 e. The number of benzene rings is 1. The van der Waals surface area contributed by atoms with Crippen LogP contribution in [0.2, 0.25) is 0 Å². The molecule has 4 N–H and O–H groups in total. The van der Waals surface area contributed by atoms with Crippen LogP contribution in [-0.2, 0) is 32.5 Å². The van der Waals surface area contributed by atoms with Crippen LogP contribution < -0.4 is 10.6 Å². The Hall–Kier alpha value is -3.51. The molecule has 1 spiro atoms. The van der Waals surface area contributed by atoms with Crippen molar-refractivity contribution >= 4 is 17.8 Å². The number of carbonyl (C=O) groups excluding carboxylic acids is 1. The standard InChI is InChI=1S/C33H37N5O5/c39-30-24-14-23-16-33(17-28(23)34-19-24)26-13-21(18-35-29(26)37-32(33)41)5-4-9-42-11-12-43-10-8-38-20-25(15-27(36-30)31(38)40)22-6-2-1-3-7-22/h1-7,13-14,18-19,25,27,30-31,36,39-40H,8-12,15-17,20H2,(H,35,37,41)/b5-4+/t25?,27?,30?,31?,33-/m0/s1. The summed E-state index contributed by atoms with van der Waals surface area (Å²) >= 11 is 0. The lowest BCUT2D eigenvalue weighted by atomic mass is 9.79. The van der Waals surface area contributed by atoms with Gasteiger partial charge >= 0.3 is 0 Å². The van der Waals surface area contributed by atoms with Crippen molar-refractivity contribution in [2.45, 2.75) is 49.1 Å². The predicted molar refractivity (Wildman–Crippen MR) is 160 cm³/mol. The molecule has 2 aromatic heterocycles. The van der Waals surface area contributed by atoms with Gasteiger partial charge in [-0.05, 0) is 47.6 Å². The van der Waals surface area contributed by atoms with Crippen molar-refractivity contribution < 1.29 is 24.5 Å². The van der Waals surface area contributed by atoms with Gasteiger partial charge in [-0.15, -0.1) is 0 Å². The molecule has 43 heavy (non-hydrogen) atoms. The zero-order chi connectivity index (χ0) is 29.4. The average Bonchev–Trinajstić information content (AvgIpc) is 3.54. The van der Waals surface area contributed by atoms with Crippen LogP contribution in [0.5, 0.6) is 0 Å². The fourth-order valence-corrected chi connectivity index (χ4v) is 6.96. The number of ether oxygens (including phenoxy) is 2. The quantitative estimate of drug-likeness (QED) is 0.341. The number of aliphatic hydroxyl groups is 2. The number of hydrogen-bond acceptors (Lipinski definition) is 9. The number of fused-ring (bicyclic) bond motifs is 4.